The van der Waals surface area contributed by atoms with Gasteiger partial charge in [-0.3, -0.25) is 4.79 Å². The number of hydrogen-bond acceptors (Lipinski definition) is 6. The highest BCUT2D eigenvalue weighted by Gasteiger charge is 2.29. The standard InChI is InChI=1S/C17H20N4O3S/c1-11-3-4-12(2)14(7-11)21-16-8-15(18-10-19-16)17(22)20-13-5-6-25(23,24)9-13/h3-4,7-8,10,13H,5-6,9H2,1-2H3,(H,20,22)(H,18,19,21). The Kier molecular flexibility index (Phi) is 4.71. The highest BCUT2D eigenvalue weighted by Crippen LogP contribution is 2.20. The van der Waals surface area contributed by atoms with Crippen molar-refractivity contribution in [2.45, 2.75) is 26.3 Å². The van der Waals surface area contributed by atoms with Crippen molar-refractivity contribution in [2.24, 2.45) is 0 Å². The summed E-state index contributed by atoms with van der Waals surface area (Å²) < 4.78 is 23.0. The molecule has 1 saturated heterocycles. The van der Waals surface area contributed by atoms with Crippen LogP contribution in [0.4, 0.5) is 11.5 Å². The van der Waals surface area contributed by atoms with Gasteiger partial charge in [0.05, 0.1) is 11.5 Å². The van der Waals surface area contributed by atoms with Crippen molar-refractivity contribution >= 4 is 27.2 Å². The summed E-state index contributed by atoms with van der Waals surface area (Å²) in [4.78, 5) is 20.4. The maximum atomic E-state index is 12.3. The Labute approximate surface area is 146 Å². The largest absolute Gasteiger partial charge is 0.347 e. The van der Waals surface area contributed by atoms with Crippen LogP contribution in [0.1, 0.15) is 28.0 Å². The summed E-state index contributed by atoms with van der Waals surface area (Å²) in [5, 5.41) is 5.91. The monoisotopic (exact) mass is 360 g/mol. The predicted molar refractivity (Wildman–Crippen MR) is 95.8 cm³/mol. The minimum atomic E-state index is -3.04. The molecule has 132 valence electrons. The first-order valence-corrected chi connectivity index (χ1v) is 9.82. The third-order valence-corrected chi connectivity index (χ3v) is 5.89. The van der Waals surface area contributed by atoms with Gasteiger partial charge >= 0.3 is 0 Å². The molecule has 3 rings (SSSR count). The Morgan fingerprint density at radius 1 is 1.20 bits per heavy atom. The molecular weight excluding hydrogens is 340 g/mol. The lowest BCUT2D eigenvalue weighted by atomic mass is 10.1. The first-order valence-electron chi connectivity index (χ1n) is 8.00. The molecule has 2 aromatic rings. The number of aryl methyl sites for hydroxylation is 2. The van der Waals surface area contributed by atoms with Gasteiger partial charge in [0.2, 0.25) is 0 Å². The van der Waals surface area contributed by atoms with Crippen LogP contribution in [0.2, 0.25) is 0 Å². The molecule has 25 heavy (non-hydrogen) atoms. The number of hydrogen-bond donors (Lipinski definition) is 2. The van der Waals surface area contributed by atoms with E-state index in [1.807, 2.05) is 32.0 Å². The molecular formula is C17H20N4O3S. The molecule has 0 radical (unpaired) electrons. The van der Waals surface area contributed by atoms with Crippen molar-refractivity contribution in [1.82, 2.24) is 15.3 Å². The highest BCUT2D eigenvalue weighted by atomic mass is 32.2. The van der Waals surface area contributed by atoms with Crippen LogP contribution in [0.25, 0.3) is 0 Å². The van der Waals surface area contributed by atoms with Crippen molar-refractivity contribution in [1.29, 1.82) is 0 Å². The maximum absolute atomic E-state index is 12.3. The van der Waals surface area contributed by atoms with Crippen molar-refractivity contribution in [3.63, 3.8) is 0 Å². The topological polar surface area (TPSA) is 101 Å². The van der Waals surface area contributed by atoms with E-state index in [9.17, 15) is 13.2 Å². The van der Waals surface area contributed by atoms with Crippen LogP contribution in [0, 0.1) is 13.8 Å². The summed E-state index contributed by atoms with van der Waals surface area (Å²) in [6.45, 7) is 3.98. The number of sulfone groups is 1. The Bertz CT molecular complexity index is 912. The second kappa shape index (κ2) is 6.79. The summed E-state index contributed by atoms with van der Waals surface area (Å²) in [6.07, 6.45) is 1.75. The fraction of sp³-hybridized carbons (Fsp3) is 0.353. The van der Waals surface area contributed by atoms with Gasteiger partial charge in [0, 0.05) is 17.8 Å². The molecule has 8 heteroatoms. The molecule has 0 bridgehead atoms. The highest BCUT2D eigenvalue weighted by molar-refractivity contribution is 7.91. The maximum Gasteiger partial charge on any atom is 0.270 e. The minimum Gasteiger partial charge on any atom is -0.347 e. The second-order valence-corrected chi connectivity index (χ2v) is 8.53. The Morgan fingerprint density at radius 3 is 2.72 bits per heavy atom. The van der Waals surface area contributed by atoms with Gasteiger partial charge in [0.25, 0.3) is 5.91 Å². The van der Waals surface area contributed by atoms with Gasteiger partial charge in [-0.1, -0.05) is 12.1 Å². The summed E-state index contributed by atoms with van der Waals surface area (Å²) in [7, 11) is -3.04. The van der Waals surface area contributed by atoms with E-state index >= 15 is 0 Å². The number of aromatic nitrogens is 2. The molecule has 0 saturated carbocycles. The summed E-state index contributed by atoms with van der Waals surface area (Å²) in [5.74, 6) is 0.208. The quantitative estimate of drug-likeness (QED) is 0.861. The third kappa shape index (κ3) is 4.33. The number of carbonyl (C=O) groups excluding carboxylic acids is 1. The van der Waals surface area contributed by atoms with E-state index in [-0.39, 0.29) is 23.2 Å². The average molecular weight is 360 g/mol. The second-order valence-electron chi connectivity index (χ2n) is 6.31. The Balaban J connectivity index is 1.73. The van der Waals surface area contributed by atoms with Gasteiger partial charge in [-0.2, -0.15) is 0 Å². The van der Waals surface area contributed by atoms with Gasteiger partial charge < -0.3 is 10.6 Å². The molecule has 1 aromatic heterocycles. The normalized spacial score (nSPS) is 18.7. The molecule has 1 atom stereocenters. The van der Waals surface area contributed by atoms with E-state index in [1.165, 1.54) is 6.33 Å². The zero-order valence-corrected chi connectivity index (χ0v) is 14.9. The number of anilines is 2. The lowest BCUT2D eigenvalue weighted by molar-refractivity contribution is 0.0936. The number of rotatable bonds is 4. The lowest BCUT2D eigenvalue weighted by Crippen LogP contribution is -2.36. The molecule has 2 N–H and O–H groups in total. The molecule has 1 unspecified atom stereocenters. The summed E-state index contributed by atoms with van der Waals surface area (Å²) in [6, 6.07) is 7.23. The summed E-state index contributed by atoms with van der Waals surface area (Å²) in [5.41, 5.74) is 3.29. The fourth-order valence-corrected chi connectivity index (χ4v) is 4.40. The van der Waals surface area contributed by atoms with Crippen molar-refractivity contribution in [3.05, 3.63) is 47.4 Å². The van der Waals surface area contributed by atoms with E-state index in [1.54, 1.807) is 6.07 Å². The smallest absolute Gasteiger partial charge is 0.270 e. The number of benzene rings is 1. The molecule has 1 aromatic carbocycles. The van der Waals surface area contributed by atoms with Crippen LogP contribution in [0.3, 0.4) is 0 Å². The van der Waals surface area contributed by atoms with Crippen LogP contribution in [0.15, 0.2) is 30.6 Å². The lowest BCUT2D eigenvalue weighted by Gasteiger charge is -2.12. The number of amides is 1. The molecule has 7 nitrogen and oxygen atoms in total. The zero-order valence-electron chi connectivity index (χ0n) is 14.1. The van der Waals surface area contributed by atoms with Crippen molar-refractivity contribution in [2.75, 3.05) is 16.8 Å². The predicted octanol–water partition coefficient (Wildman–Crippen LogP) is 1.75. The van der Waals surface area contributed by atoms with E-state index in [4.69, 9.17) is 0 Å². The van der Waals surface area contributed by atoms with Crippen molar-refractivity contribution < 1.29 is 13.2 Å². The molecule has 1 aliphatic rings. The SMILES string of the molecule is Cc1ccc(C)c(Nc2cc(C(=O)NC3CCS(=O)(=O)C3)ncn2)c1. The Hall–Kier alpha value is -2.48. The molecule has 0 aliphatic carbocycles. The van der Waals surface area contributed by atoms with Crippen LogP contribution < -0.4 is 10.6 Å². The van der Waals surface area contributed by atoms with E-state index < -0.39 is 15.7 Å². The van der Waals surface area contributed by atoms with E-state index in [0.29, 0.717) is 12.2 Å². The van der Waals surface area contributed by atoms with Crippen molar-refractivity contribution in [3.8, 4) is 0 Å². The first-order chi connectivity index (χ1) is 11.8. The van der Waals surface area contributed by atoms with Crippen LogP contribution in [-0.4, -0.2) is 41.8 Å². The number of carbonyl (C=O) groups is 1. The van der Waals surface area contributed by atoms with Gasteiger partial charge in [-0.15, -0.1) is 0 Å². The third-order valence-electron chi connectivity index (χ3n) is 4.12. The summed E-state index contributed by atoms with van der Waals surface area (Å²) >= 11 is 0. The average Bonchev–Trinajstić information content (AvgIpc) is 2.90. The van der Waals surface area contributed by atoms with Gasteiger partial charge in [-0.05, 0) is 37.5 Å². The molecule has 1 amide bonds. The van der Waals surface area contributed by atoms with Gasteiger partial charge in [0.1, 0.15) is 17.8 Å². The van der Waals surface area contributed by atoms with E-state index in [0.717, 1.165) is 16.8 Å². The minimum absolute atomic E-state index is 0.0165. The zero-order chi connectivity index (χ0) is 18.0. The van der Waals surface area contributed by atoms with Crippen LogP contribution in [-0.2, 0) is 9.84 Å². The Morgan fingerprint density at radius 2 is 2.00 bits per heavy atom. The fourth-order valence-electron chi connectivity index (χ4n) is 2.73. The number of nitrogens with one attached hydrogen (secondary N) is 2. The molecule has 1 aliphatic heterocycles. The van der Waals surface area contributed by atoms with Gasteiger partial charge in [0.15, 0.2) is 9.84 Å². The van der Waals surface area contributed by atoms with Crippen LogP contribution in [0.5, 0.6) is 0 Å². The van der Waals surface area contributed by atoms with Gasteiger partial charge in [-0.25, -0.2) is 18.4 Å². The van der Waals surface area contributed by atoms with E-state index in [2.05, 4.69) is 20.6 Å². The molecule has 0 spiro atoms. The molecule has 1 fully saturated rings. The molecule has 2 heterocycles. The first kappa shape index (κ1) is 17.3. The van der Waals surface area contributed by atoms with Crippen LogP contribution >= 0.6 is 0 Å². The number of nitrogens with zero attached hydrogens (tertiary/aromatic N) is 2.